The number of hydrogen-bond acceptors (Lipinski definition) is 1. The van der Waals surface area contributed by atoms with Crippen LogP contribution in [0.4, 0.5) is 0 Å². The molecule has 1 heteroatoms. The van der Waals surface area contributed by atoms with Crippen molar-refractivity contribution in [2.45, 2.75) is 32.6 Å². The maximum Gasteiger partial charge on any atom is 0.0911 e. The molecule has 0 aromatic heterocycles. The SMILES string of the molecule is C[C@H]1CCCC/C1=C\C#N. The lowest BCUT2D eigenvalue weighted by Gasteiger charge is -2.20. The Hall–Kier alpha value is -0.770. The third-order valence-electron chi connectivity index (χ3n) is 2.24. The van der Waals surface area contributed by atoms with E-state index >= 15 is 0 Å². The molecule has 1 atom stereocenters. The summed E-state index contributed by atoms with van der Waals surface area (Å²) in [4.78, 5) is 0. The fourth-order valence-corrected chi connectivity index (χ4v) is 1.51. The first-order valence-corrected chi connectivity index (χ1v) is 3.93. The van der Waals surface area contributed by atoms with Crippen LogP contribution >= 0.6 is 0 Å². The molecular weight excluding hydrogens is 122 g/mol. The van der Waals surface area contributed by atoms with Crippen molar-refractivity contribution in [1.29, 1.82) is 5.26 Å². The minimum Gasteiger partial charge on any atom is -0.193 e. The molecule has 0 spiro atoms. The first-order valence-electron chi connectivity index (χ1n) is 3.93. The highest BCUT2D eigenvalue weighted by Crippen LogP contribution is 2.28. The molecule has 0 unspecified atom stereocenters. The predicted molar refractivity (Wildman–Crippen MR) is 41.3 cm³/mol. The zero-order valence-electron chi connectivity index (χ0n) is 6.43. The van der Waals surface area contributed by atoms with Crippen molar-refractivity contribution in [2.75, 3.05) is 0 Å². The van der Waals surface area contributed by atoms with Gasteiger partial charge in [0.1, 0.15) is 0 Å². The van der Waals surface area contributed by atoms with Gasteiger partial charge in [-0.25, -0.2) is 0 Å². The third kappa shape index (κ3) is 1.60. The summed E-state index contributed by atoms with van der Waals surface area (Å²) in [6.07, 6.45) is 6.76. The van der Waals surface area contributed by atoms with Gasteiger partial charge in [-0.1, -0.05) is 18.9 Å². The van der Waals surface area contributed by atoms with E-state index in [4.69, 9.17) is 5.26 Å². The number of nitrogens with zero attached hydrogens (tertiary/aromatic N) is 1. The molecule has 0 bridgehead atoms. The molecule has 1 aliphatic carbocycles. The lowest BCUT2D eigenvalue weighted by molar-refractivity contribution is 0.484. The van der Waals surface area contributed by atoms with Gasteiger partial charge in [0.2, 0.25) is 0 Å². The molecule has 0 aromatic rings. The molecule has 0 aliphatic heterocycles. The fourth-order valence-electron chi connectivity index (χ4n) is 1.51. The third-order valence-corrected chi connectivity index (χ3v) is 2.24. The van der Waals surface area contributed by atoms with Gasteiger partial charge in [-0.3, -0.25) is 0 Å². The standard InChI is InChI=1S/C9H13N/c1-8-4-2-3-5-9(8)6-7-10/h6,8H,2-5H2,1H3/b9-6+/t8-/m0/s1. The maximum atomic E-state index is 8.41. The second-order valence-corrected chi connectivity index (χ2v) is 3.00. The fraction of sp³-hybridized carbons (Fsp3) is 0.667. The minimum absolute atomic E-state index is 0.661. The van der Waals surface area contributed by atoms with E-state index in [0.29, 0.717) is 5.92 Å². The van der Waals surface area contributed by atoms with Crippen molar-refractivity contribution in [3.8, 4) is 6.07 Å². The molecular formula is C9H13N. The Morgan fingerprint density at radius 1 is 1.60 bits per heavy atom. The topological polar surface area (TPSA) is 23.8 Å². The number of allylic oxidation sites excluding steroid dienone is 2. The summed E-state index contributed by atoms with van der Waals surface area (Å²) in [5, 5.41) is 8.41. The molecule has 0 aromatic carbocycles. The molecule has 1 fully saturated rings. The molecule has 1 nitrogen and oxygen atoms in total. The molecule has 10 heavy (non-hydrogen) atoms. The number of hydrogen-bond donors (Lipinski definition) is 0. The van der Waals surface area contributed by atoms with E-state index in [9.17, 15) is 0 Å². The molecule has 0 saturated heterocycles. The van der Waals surface area contributed by atoms with Gasteiger partial charge >= 0.3 is 0 Å². The van der Waals surface area contributed by atoms with E-state index in [1.54, 1.807) is 6.08 Å². The summed E-state index contributed by atoms with van der Waals surface area (Å²) in [5.74, 6) is 0.661. The average molecular weight is 135 g/mol. The molecule has 54 valence electrons. The first-order chi connectivity index (χ1) is 4.84. The molecule has 0 heterocycles. The van der Waals surface area contributed by atoms with Crippen molar-refractivity contribution in [2.24, 2.45) is 5.92 Å². The van der Waals surface area contributed by atoms with Crippen LogP contribution in [0.1, 0.15) is 32.6 Å². The van der Waals surface area contributed by atoms with Crippen LogP contribution in [0.5, 0.6) is 0 Å². The van der Waals surface area contributed by atoms with Crippen molar-refractivity contribution in [1.82, 2.24) is 0 Å². The van der Waals surface area contributed by atoms with E-state index < -0.39 is 0 Å². The van der Waals surface area contributed by atoms with Crippen LogP contribution in [0.3, 0.4) is 0 Å². The van der Waals surface area contributed by atoms with Gasteiger partial charge in [0.15, 0.2) is 0 Å². The van der Waals surface area contributed by atoms with E-state index in [2.05, 4.69) is 13.0 Å². The zero-order chi connectivity index (χ0) is 7.40. The summed E-state index contributed by atoms with van der Waals surface area (Å²) < 4.78 is 0. The number of nitriles is 1. The molecule has 0 N–H and O–H groups in total. The largest absolute Gasteiger partial charge is 0.193 e. The van der Waals surface area contributed by atoms with Crippen molar-refractivity contribution < 1.29 is 0 Å². The van der Waals surface area contributed by atoms with Gasteiger partial charge in [-0.2, -0.15) is 5.26 Å². The quantitative estimate of drug-likeness (QED) is 0.468. The van der Waals surface area contributed by atoms with Gasteiger partial charge < -0.3 is 0 Å². The summed E-state index contributed by atoms with van der Waals surface area (Å²) >= 11 is 0. The summed E-state index contributed by atoms with van der Waals surface area (Å²) in [5.41, 5.74) is 1.36. The Bertz CT molecular complexity index is 174. The summed E-state index contributed by atoms with van der Waals surface area (Å²) in [6.45, 7) is 2.21. The molecule has 1 rings (SSSR count). The molecule has 1 aliphatic rings. The lowest BCUT2D eigenvalue weighted by Crippen LogP contribution is -2.05. The van der Waals surface area contributed by atoms with Crippen LogP contribution in [0, 0.1) is 17.2 Å². The predicted octanol–water partition coefficient (Wildman–Crippen LogP) is 2.65. The van der Waals surface area contributed by atoms with Gasteiger partial charge in [-0.15, -0.1) is 0 Å². The highest BCUT2D eigenvalue weighted by Gasteiger charge is 2.12. The van der Waals surface area contributed by atoms with Crippen molar-refractivity contribution in [3.05, 3.63) is 11.6 Å². The summed E-state index contributed by atoms with van der Waals surface area (Å²) in [7, 11) is 0. The Morgan fingerprint density at radius 2 is 2.40 bits per heavy atom. The van der Waals surface area contributed by atoms with Crippen molar-refractivity contribution in [3.63, 3.8) is 0 Å². The Morgan fingerprint density at radius 3 is 3.00 bits per heavy atom. The monoisotopic (exact) mass is 135 g/mol. The Kier molecular flexibility index (Phi) is 2.50. The Balaban J connectivity index is 2.58. The van der Waals surface area contributed by atoms with Crippen LogP contribution in [0.15, 0.2) is 11.6 Å². The van der Waals surface area contributed by atoms with E-state index in [0.717, 1.165) is 6.42 Å². The van der Waals surface area contributed by atoms with Crippen LogP contribution in [-0.4, -0.2) is 0 Å². The van der Waals surface area contributed by atoms with Crippen LogP contribution in [0.25, 0.3) is 0 Å². The smallest absolute Gasteiger partial charge is 0.0911 e. The van der Waals surface area contributed by atoms with Crippen LogP contribution in [-0.2, 0) is 0 Å². The van der Waals surface area contributed by atoms with Gasteiger partial charge in [0.05, 0.1) is 6.07 Å². The first kappa shape index (κ1) is 7.34. The highest BCUT2D eigenvalue weighted by molar-refractivity contribution is 5.16. The molecule has 0 amide bonds. The van der Waals surface area contributed by atoms with E-state index in [-0.39, 0.29) is 0 Å². The highest BCUT2D eigenvalue weighted by atomic mass is 14.2. The van der Waals surface area contributed by atoms with Gasteiger partial charge in [0, 0.05) is 6.08 Å². The maximum absolute atomic E-state index is 8.41. The second-order valence-electron chi connectivity index (χ2n) is 3.00. The van der Waals surface area contributed by atoms with Gasteiger partial charge in [0.25, 0.3) is 0 Å². The van der Waals surface area contributed by atoms with Crippen LogP contribution in [0.2, 0.25) is 0 Å². The summed E-state index contributed by atoms with van der Waals surface area (Å²) in [6, 6.07) is 2.11. The minimum atomic E-state index is 0.661. The normalized spacial score (nSPS) is 30.0. The molecule has 1 saturated carbocycles. The second kappa shape index (κ2) is 3.41. The van der Waals surface area contributed by atoms with Crippen LogP contribution < -0.4 is 0 Å². The number of rotatable bonds is 0. The average Bonchev–Trinajstić information content (AvgIpc) is 1.94. The van der Waals surface area contributed by atoms with E-state index in [1.165, 1.54) is 24.8 Å². The Labute approximate surface area is 62.4 Å². The van der Waals surface area contributed by atoms with Crippen molar-refractivity contribution >= 4 is 0 Å². The molecule has 0 radical (unpaired) electrons. The lowest BCUT2D eigenvalue weighted by atomic mass is 9.85. The zero-order valence-corrected chi connectivity index (χ0v) is 6.43. The van der Waals surface area contributed by atoms with E-state index in [1.807, 2.05) is 0 Å². The van der Waals surface area contributed by atoms with Gasteiger partial charge in [-0.05, 0) is 25.2 Å².